The first-order valence-corrected chi connectivity index (χ1v) is 7.37. The van der Waals surface area contributed by atoms with E-state index in [0.29, 0.717) is 11.6 Å². The van der Waals surface area contributed by atoms with Gasteiger partial charge in [-0.25, -0.2) is 4.98 Å². The van der Waals surface area contributed by atoms with Crippen LogP contribution in [-0.2, 0) is 0 Å². The van der Waals surface area contributed by atoms with Gasteiger partial charge in [-0.05, 0) is 19.8 Å². The summed E-state index contributed by atoms with van der Waals surface area (Å²) in [4.78, 5) is 18.4. The lowest BCUT2D eigenvalue weighted by atomic mass is 10.2. The van der Waals surface area contributed by atoms with Crippen LogP contribution in [-0.4, -0.2) is 39.1 Å². The van der Waals surface area contributed by atoms with Crippen molar-refractivity contribution in [3.05, 3.63) is 11.6 Å². The Labute approximate surface area is 115 Å². The molecule has 1 amide bonds. The molecule has 1 heterocycles. The number of nitrogens with zero attached hydrogens (tertiary/aromatic N) is 3. The highest BCUT2D eigenvalue weighted by Gasteiger charge is 2.18. The van der Waals surface area contributed by atoms with E-state index in [-0.39, 0.29) is 5.91 Å². The number of H-pyrrole nitrogens is 1. The van der Waals surface area contributed by atoms with Crippen LogP contribution in [0, 0.1) is 6.92 Å². The Morgan fingerprint density at radius 3 is 2.11 bits per heavy atom. The number of nitrogens with one attached hydrogen (secondary N) is 1. The van der Waals surface area contributed by atoms with Crippen molar-refractivity contribution in [1.82, 2.24) is 20.1 Å². The summed E-state index contributed by atoms with van der Waals surface area (Å²) < 4.78 is 0. The molecular formula is C14H26N4O. The number of aromatic nitrogens is 3. The number of carbonyl (C=O) groups is 1. The summed E-state index contributed by atoms with van der Waals surface area (Å²) in [7, 11) is 0. The summed E-state index contributed by atoms with van der Waals surface area (Å²) in [5.41, 5.74) is 0. The first-order chi connectivity index (χ1) is 9.19. The molecule has 5 nitrogen and oxygen atoms in total. The highest BCUT2D eigenvalue weighted by Crippen LogP contribution is 2.06. The molecule has 5 heteroatoms. The van der Waals surface area contributed by atoms with Gasteiger partial charge in [-0.2, -0.15) is 0 Å². The zero-order valence-electron chi connectivity index (χ0n) is 12.4. The van der Waals surface area contributed by atoms with E-state index in [4.69, 9.17) is 0 Å². The van der Waals surface area contributed by atoms with Crippen molar-refractivity contribution >= 4 is 5.91 Å². The highest BCUT2D eigenvalue weighted by atomic mass is 16.2. The third kappa shape index (κ3) is 5.41. The van der Waals surface area contributed by atoms with Gasteiger partial charge in [0.2, 0.25) is 5.82 Å². The van der Waals surface area contributed by atoms with Crippen molar-refractivity contribution in [2.75, 3.05) is 13.1 Å². The maximum absolute atomic E-state index is 12.3. The molecule has 0 aliphatic carbocycles. The van der Waals surface area contributed by atoms with Crippen molar-refractivity contribution < 1.29 is 4.79 Å². The van der Waals surface area contributed by atoms with Crippen molar-refractivity contribution in [3.63, 3.8) is 0 Å². The molecule has 0 saturated carbocycles. The highest BCUT2D eigenvalue weighted by molar-refractivity contribution is 5.90. The predicted octanol–water partition coefficient (Wildman–Crippen LogP) is 2.94. The fourth-order valence-corrected chi connectivity index (χ4v) is 2.00. The van der Waals surface area contributed by atoms with Crippen LogP contribution in [0.2, 0.25) is 0 Å². The van der Waals surface area contributed by atoms with Gasteiger partial charge in [0.1, 0.15) is 5.82 Å². The lowest BCUT2D eigenvalue weighted by molar-refractivity contribution is 0.0737. The second kappa shape index (κ2) is 8.67. The zero-order chi connectivity index (χ0) is 14.1. The first kappa shape index (κ1) is 15.7. The minimum atomic E-state index is -0.0449. The maximum Gasteiger partial charge on any atom is 0.293 e. The van der Waals surface area contributed by atoms with Gasteiger partial charge < -0.3 is 4.90 Å². The summed E-state index contributed by atoms with van der Waals surface area (Å²) in [6, 6.07) is 0. The normalized spacial score (nSPS) is 10.7. The van der Waals surface area contributed by atoms with Gasteiger partial charge in [0, 0.05) is 13.1 Å². The Bertz CT molecular complexity index is 365. The molecule has 19 heavy (non-hydrogen) atoms. The monoisotopic (exact) mass is 266 g/mol. The van der Waals surface area contributed by atoms with E-state index in [1.165, 1.54) is 0 Å². The number of aryl methyl sites for hydroxylation is 1. The average Bonchev–Trinajstić information content (AvgIpc) is 2.83. The molecule has 0 atom stereocenters. The van der Waals surface area contributed by atoms with E-state index in [1.807, 2.05) is 11.8 Å². The fraction of sp³-hybridized carbons (Fsp3) is 0.786. The Hall–Kier alpha value is -1.39. The molecule has 0 spiro atoms. The number of amides is 1. The molecule has 1 N–H and O–H groups in total. The fourth-order valence-electron chi connectivity index (χ4n) is 2.00. The van der Waals surface area contributed by atoms with Crippen molar-refractivity contribution in [2.24, 2.45) is 0 Å². The van der Waals surface area contributed by atoms with Crippen LogP contribution in [0.1, 0.15) is 68.8 Å². The molecule has 0 unspecified atom stereocenters. The number of unbranched alkanes of at least 4 members (excludes halogenated alkanes) is 4. The zero-order valence-corrected chi connectivity index (χ0v) is 12.4. The van der Waals surface area contributed by atoms with Gasteiger partial charge in [0.25, 0.3) is 5.91 Å². The van der Waals surface area contributed by atoms with Crippen LogP contribution in [0.15, 0.2) is 0 Å². The Morgan fingerprint density at radius 1 is 1.11 bits per heavy atom. The van der Waals surface area contributed by atoms with Gasteiger partial charge in [-0.1, -0.05) is 39.5 Å². The minimum absolute atomic E-state index is 0.0449. The largest absolute Gasteiger partial charge is 0.336 e. The van der Waals surface area contributed by atoms with Crippen molar-refractivity contribution in [2.45, 2.75) is 59.3 Å². The first-order valence-electron chi connectivity index (χ1n) is 7.37. The molecule has 1 rings (SSSR count). The molecule has 0 bridgehead atoms. The minimum Gasteiger partial charge on any atom is -0.336 e. The van der Waals surface area contributed by atoms with Gasteiger partial charge >= 0.3 is 0 Å². The Morgan fingerprint density at radius 2 is 1.68 bits per heavy atom. The van der Waals surface area contributed by atoms with Gasteiger partial charge in [0.15, 0.2) is 0 Å². The second-order valence-corrected chi connectivity index (χ2v) is 4.95. The summed E-state index contributed by atoms with van der Waals surface area (Å²) in [5.74, 6) is 0.937. The molecule has 0 aliphatic heterocycles. The van der Waals surface area contributed by atoms with Crippen LogP contribution in [0.4, 0.5) is 0 Å². The molecular weight excluding hydrogens is 240 g/mol. The summed E-state index contributed by atoms with van der Waals surface area (Å²) in [5, 5.41) is 6.70. The average molecular weight is 266 g/mol. The third-order valence-electron chi connectivity index (χ3n) is 3.14. The standard InChI is InChI=1S/C14H26N4O/c1-4-6-8-10-18(11-9-7-5-2)14(19)13-15-12(3)16-17-13/h4-11H2,1-3H3,(H,15,16,17). The number of hydrogen-bond acceptors (Lipinski definition) is 3. The van der Waals surface area contributed by atoms with Crippen LogP contribution in [0.25, 0.3) is 0 Å². The maximum atomic E-state index is 12.3. The molecule has 0 saturated heterocycles. The molecule has 0 aromatic carbocycles. The van der Waals surface area contributed by atoms with E-state index in [1.54, 1.807) is 0 Å². The number of hydrogen-bond donors (Lipinski definition) is 1. The van der Waals surface area contributed by atoms with Gasteiger partial charge in [0.05, 0.1) is 0 Å². The summed E-state index contributed by atoms with van der Waals surface area (Å²) in [6.45, 7) is 7.76. The van der Waals surface area contributed by atoms with Crippen LogP contribution < -0.4 is 0 Å². The number of carbonyl (C=O) groups excluding carboxylic acids is 1. The number of aromatic amines is 1. The van der Waals surface area contributed by atoms with Crippen molar-refractivity contribution in [3.8, 4) is 0 Å². The molecule has 108 valence electrons. The van der Waals surface area contributed by atoms with Crippen LogP contribution in [0.5, 0.6) is 0 Å². The second-order valence-electron chi connectivity index (χ2n) is 4.95. The topological polar surface area (TPSA) is 61.9 Å². The van der Waals surface area contributed by atoms with Gasteiger partial charge in [-0.15, -0.1) is 5.10 Å². The summed E-state index contributed by atoms with van der Waals surface area (Å²) >= 11 is 0. The van der Waals surface area contributed by atoms with Gasteiger partial charge in [-0.3, -0.25) is 9.89 Å². The predicted molar refractivity (Wildman–Crippen MR) is 76.1 cm³/mol. The molecule has 0 radical (unpaired) electrons. The van der Waals surface area contributed by atoms with Crippen LogP contribution in [0.3, 0.4) is 0 Å². The molecule has 1 aromatic rings. The van der Waals surface area contributed by atoms with E-state index < -0.39 is 0 Å². The SMILES string of the molecule is CCCCCN(CCCCC)C(=O)c1n[nH]c(C)n1. The lowest BCUT2D eigenvalue weighted by Gasteiger charge is -2.21. The van der Waals surface area contributed by atoms with Crippen molar-refractivity contribution in [1.29, 1.82) is 0 Å². The summed E-state index contributed by atoms with van der Waals surface area (Å²) in [6.07, 6.45) is 6.75. The van der Waals surface area contributed by atoms with Crippen LogP contribution >= 0.6 is 0 Å². The Kier molecular flexibility index (Phi) is 7.15. The molecule has 0 aliphatic rings. The lowest BCUT2D eigenvalue weighted by Crippen LogP contribution is -2.33. The molecule has 0 fully saturated rings. The Balaban J connectivity index is 2.57. The van der Waals surface area contributed by atoms with E-state index >= 15 is 0 Å². The van der Waals surface area contributed by atoms with E-state index in [2.05, 4.69) is 29.0 Å². The van der Waals surface area contributed by atoms with E-state index in [0.717, 1.165) is 51.6 Å². The van der Waals surface area contributed by atoms with E-state index in [9.17, 15) is 4.79 Å². The number of rotatable bonds is 9. The quantitative estimate of drug-likeness (QED) is 0.699. The smallest absolute Gasteiger partial charge is 0.293 e. The molecule has 1 aromatic heterocycles. The third-order valence-corrected chi connectivity index (χ3v) is 3.14.